The van der Waals surface area contributed by atoms with Crippen molar-refractivity contribution in [1.82, 2.24) is 15.0 Å². The third-order valence-electron chi connectivity index (χ3n) is 3.26. The van der Waals surface area contributed by atoms with Crippen molar-refractivity contribution in [2.75, 3.05) is 0 Å². The molecular weight excluding hydrogens is 256 g/mol. The quantitative estimate of drug-likeness (QED) is 0.567. The Kier molecular flexibility index (Phi) is 3.33. The van der Waals surface area contributed by atoms with Gasteiger partial charge in [-0.05, 0) is 36.1 Å². The summed E-state index contributed by atoms with van der Waals surface area (Å²) < 4.78 is 2.13. The maximum Gasteiger partial charge on any atom is 0.0958 e. The minimum absolute atomic E-state index is 0.0996. The van der Waals surface area contributed by atoms with Crippen LogP contribution in [0.15, 0.2) is 42.0 Å². The molecule has 1 unspecified atom stereocenters. The SMILES string of the molecule is Cc1cc(C(Cn2cnc3ccccc32)NN)cs1. The number of rotatable bonds is 4. The van der Waals surface area contributed by atoms with Crippen LogP contribution in [0.3, 0.4) is 0 Å². The number of nitrogens with one attached hydrogen (secondary N) is 1. The van der Waals surface area contributed by atoms with E-state index in [2.05, 4.69) is 39.4 Å². The Balaban J connectivity index is 1.90. The topological polar surface area (TPSA) is 55.9 Å². The molecule has 5 heteroatoms. The number of aromatic nitrogens is 2. The number of nitrogens with two attached hydrogens (primary N) is 1. The Labute approximate surface area is 115 Å². The summed E-state index contributed by atoms with van der Waals surface area (Å²) in [6, 6.07) is 10.4. The van der Waals surface area contributed by atoms with Crippen molar-refractivity contribution in [2.24, 2.45) is 5.84 Å². The van der Waals surface area contributed by atoms with Gasteiger partial charge in [0, 0.05) is 11.4 Å². The van der Waals surface area contributed by atoms with Crippen LogP contribution in [0.2, 0.25) is 0 Å². The number of hydrogen-bond acceptors (Lipinski definition) is 4. The third kappa shape index (κ3) is 2.40. The molecule has 3 aromatic rings. The summed E-state index contributed by atoms with van der Waals surface area (Å²) >= 11 is 1.74. The molecule has 2 heterocycles. The molecule has 3 rings (SSSR count). The zero-order valence-corrected chi connectivity index (χ0v) is 11.5. The van der Waals surface area contributed by atoms with Crippen molar-refractivity contribution in [3.8, 4) is 0 Å². The molecule has 2 aromatic heterocycles. The van der Waals surface area contributed by atoms with Crippen LogP contribution in [-0.4, -0.2) is 9.55 Å². The highest BCUT2D eigenvalue weighted by molar-refractivity contribution is 7.10. The van der Waals surface area contributed by atoms with Crippen LogP contribution in [0, 0.1) is 6.92 Å². The van der Waals surface area contributed by atoms with Gasteiger partial charge >= 0.3 is 0 Å². The van der Waals surface area contributed by atoms with E-state index in [9.17, 15) is 0 Å². The van der Waals surface area contributed by atoms with E-state index in [0.717, 1.165) is 17.6 Å². The van der Waals surface area contributed by atoms with E-state index in [1.807, 2.05) is 24.5 Å². The summed E-state index contributed by atoms with van der Waals surface area (Å²) in [5.41, 5.74) is 6.27. The number of fused-ring (bicyclic) bond motifs is 1. The second-order valence-corrected chi connectivity index (χ2v) is 5.71. The van der Waals surface area contributed by atoms with E-state index in [1.165, 1.54) is 10.4 Å². The van der Waals surface area contributed by atoms with E-state index >= 15 is 0 Å². The summed E-state index contributed by atoms with van der Waals surface area (Å²) in [4.78, 5) is 5.70. The second-order valence-electron chi connectivity index (χ2n) is 4.60. The van der Waals surface area contributed by atoms with Gasteiger partial charge in [0.25, 0.3) is 0 Å². The average molecular weight is 272 g/mol. The zero-order valence-electron chi connectivity index (χ0n) is 10.7. The number of hydrogen-bond donors (Lipinski definition) is 2. The first kappa shape index (κ1) is 12.3. The first-order chi connectivity index (χ1) is 9.28. The molecule has 0 amide bonds. The van der Waals surface area contributed by atoms with E-state index in [-0.39, 0.29) is 6.04 Å². The number of para-hydroxylation sites is 2. The lowest BCUT2D eigenvalue weighted by atomic mass is 10.1. The normalized spacial score (nSPS) is 12.9. The fraction of sp³-hybridized carbons (Fsp3) is 0.214. The monoisotopic (exact) mass is 272 g/mol. The molecule has 3 N–H and O–H groups in total. The molecule has 0 radical (unpaired) electrons. The minimum atomic E-state index is 0.0996. The van der Waals surface area contributed by atoms with Crippen molar-refractivity contribution < 1.29 is 0 Å². The zero-order chi connectivity index (χ0) is 13.2. The highest BCUT2D eigenvalue weighted by Crippen LogP contribution is 2.22. The second kappa shape index (κ2) is 5.13. The molecule has 1 aromatic carbocycles. The van der Waals surface area contributed by atoms with Gasteiger partial charge in [-0.25, -0.2) is 4.98 Å². The molecule has 0 aliphatic rings. The fourth-order valence-electron chi connectivity index (χ4n) is 2.25. The summed E-state index contributed by atoms with van der Waals surface area (Å²) in [5, 5.41) is 2.15. The number of thiophene rings is 1. The van der Waals surface area contributed by atoms with E-state index in [4.69, 9.17) is 5.84 Å². The summed E-state index contributed by atoms with van der Waals surface area (Å²) in [6.45, 7) is 2.88. The van der Waals surface area contributed by atoms with Crippen LogP contribution in [-0.2, 0) is 6.54 Å². The lowest BCUT2D eigenvalue weighted by Crippen LogP contribution is -2.30. The van der Waals surface area contributed by atoms with Crippen LogP contribution < -0.4 is 11.3 Å². The van der Waals surface area contributed by atoms with Crippen LogP contribution in [0.1, 0.15) is 16.5 Å². The molecule has 0 saturated heterocycles. The predicted octanol–water partition coefficient (Wildman–Crippen LogP) is 2.61. The first-order valence-electron chi connectivity index (χ1n) is 6.19. The van der Waals surface area contributed by atoms with Gasteiger partial charge in [-0.1, -0.05) is 12.1 Å². The van der Waals surface area contributed by atoms with Crippen molar-refractivity contribution in [3.05, 3.63) is 52.5 Å². The summed E-state index contributed by atoms with van der Waals surface area (Å²) in [7, 11) is 0. The summed E-state index contributed by atoms with van der Waals surface area (Å²) in [6.07, 6.45) is 1.87. The van der Waals surface area contributed by atoms with Gasteiger partial charge in [0.15, 0.2) is 0 Å². The fourth-order valence-corrected chi connectivity index (χ4v) is 3.01. The van der Waals surface area contributed by atoms with Gasteiger partial charge in [0.2, 0.25) is 0 Å². The largest absolute Gasteiger partial charge is 0.329 e. The molecule has 19 heavy (non-hydrogen) atoms. The van der Waals surface area contributed by atoms with E-state index in [0.29, 0.717) is 0 Å². The Morgan fingerprint density at radius 1 is 1.42 bits per heavy atom. The molecule has 0 fully saturated rings. The highest BCUT2D eigenvalue weighted by atomic mass is 32.1. The smallest absolute Gasteiger partial charge is 0.0958 e. The van der Waals surface area contributed by atoms with Gasteiger partial charge in [0.1, 0.15) is 0 Å². The Morgan fingerprint density at radius 3 is 3.00 bits per heavy atom. The maximum absolute atomic E-state index is 5.70. The summed E-state index contributed by atoms with van der Waals surface area (Å²) in [5.74, 6) is 5.70. The van der Waals surface area contributed by atoms with E-state index in [1.54, 1.807) is 11.3 Å². The first-order valence-corrected chi connectivity index (χ1v) is 7.07. The molecule has 4 nitrogen and oxygen atoms in total. The van der Waals surface area contributed by atoms with Crippen molar-refractivity contribution in [2.45, 2.75) is 19.5 Å². The van der Waals surface area contributed by atoms with Gasteiger partial charge < -0.3 is 4.57 Å². The standard InChI is InChI=1S/C14H16N4S/c1-10-6-11(8-19-10)13(17-15)7-18-9-16-12-4-2-3-5-14(12)18/h2-6,8-9,13,17H,7,15H2,1H3. The minimum Gasteiger partial charge on any atom is -0.329 e. The van der Waals surface area contributed by atoms with Crippen LogP contribution in [0.25, 0.3) is 11.0 Å². The number of benzene rings is 1. The van der Waals surface area contributed by atoms with Gasteiger partial charge in [-0.3, -0.25) is 11.3 Å². The molecule has 0 spiro atoms. The Morgan fingerprint density at radius 2 is 2.26 bits per heavy atom. The molecule has 0 bridgehead atoms. The number of nitrogens with zero attached hydrogens (tertiary/aromatic N) is 2. The highest BCUT2D eigenvalue weighted by Gasteiger charge is 2.13. The average Bonchev–Trinajstić information content (AvgIpc) is 3.03. The Hall–Kier alpha value is -1.69. The maximum atomic E-state index is 5.70. The molecular formula is C14H16N4S. The van der Waals surface area contributed by atoms with Gasteiger partial charge in [-0.15, -0.1) is 11.3 Å². The molecule has 1 atom stereocenters. The van der Waals surface area contributed by atoms with Gasteiger partial charge in [0.05, 0.1) is 23.4 Å². The number of imidazole rings is 1. The van der Waals surface area contributed by atoms with E-state index < -0.39 is 0 Å². The number of aryl methyl sites for hydroxylation is 1. The predicted molar refractivity (Wildman–Crippen MR) is 78.9 cm³/mol. The Bertz CT molecular complexity index is 685. The molecule has 98 valence electrons. The van der Waals surface area contributed by atoms with Crippen molar-refractivity contribution >= 4 is 22.4 Å². The number of hydrazine groups is 1. The van der Waals surface area contributed by atoms with Crippen LogP contribution in [0.5, 0.6) is 0 Å². The van der Waals surface area contributed by atoms with Gasteiger partial charge in [-0.2, -0.15) is 0 Å². The van der Waals surface area contributed by atoms with Crippen molar-refractivity contribution in [3.63, 3.8) is 0 Å². The lowest BCUT2D eigenvalue weighted by Gasteiger charge is -2.15. The molecule has 0 aliphatic heterocycles. The molecule has 0 aliphatic carbocycles. The third-order valence-corrected chi connectivity index (χ3v) is 4.14. The van der Waals surface area contributed by atoms with Crippen LogP contribution >= 0.6 is 11.3 Å². The molecule has 0 saturated carbocycles. The van der Waals surface area contributed by atoms with Crippen LogP contribution in [0.4, 0.5) is 0 Å². The van der Waals surface area contributed by atoms with Crippen molar-refractivity contribution in [1.29, 1.82) is 0 Å². The lowest BCUT2D eigenvalue weighted by molar-refractivity contribution is 0.482.